The van der Waals surface area contributed by atoms with Crippen molar-refractivity contribution in [3.05, 3.63) is 29.6 Å². The molecule has 0 spiro atoms. The van der Waals surface area contributed by atoms with Crippen molar-refractivity contribution in [2.75, 3.05) is 18.2 Å². The fraction of sp³-hybridized carbons (Fsp3) is 0.357. The lowest BCUT2D eigenvalue weighted by molar-refractivity contribution is 0.102. The number of methoxy groups -OCH3 is 1. The second kappa shape index (κ2) is 7.55. The van der Waals surface area contributed by atoms with Crippen molar-refractivity contribution in [1.82, 2.24) is 10.2 Å². The van der Waals surface area contributed by atoms with Crippen LogP contribution >= 0.6 is 23.1 Å². The molecule has 0 saturated heterocycles. The number of thioether (sulfide) groups is 1. The van der Waals surface area contributed by atoms with E-state index < -0.39 is 11.7 Å². The number of carbonyl (C=O) groups excluding carboxylic acids is 1. The highest BCUT2D eigenvalue weighted by atomic mass is 32.2. The zero-order chi connectivity index (χ0) is 16.1. The maximum absolute atomic E-state index is 13.6. The molecule has 1 amide bonds. The van der Waals surface area contributed by atoms with Crippen molar-refractivity contribution in [3.8, 4) is 5.75 Å². The Morgan fingerprint density at radius 2 is 2.23 bits per heavy atom. The van der Waals surface area contributed by atoms with Crippen molar-refractivity contribution < 1.29 is 13.9 Å². The summed E-state index contributed by atoms with van der Waals surface area (Å²) in [5.41, 5.74) is 0.199. The highest BCUT2D eigenvalue weighted by Gasteiger charge is 2.13. The van der Waals surface area contributed by atoms with E-state index in [2.05, 4.69) is 29.4 Å². The van der Waals surface area contributed by atoms with Gasteiger partial charge < -0.3 is 4.74 Å². The van der Waals surface area contributed by atoms with Gasteiger partial charge in [0, 0.05) is 11.3 Å². The quantitative estimate of drug-likeness (QED) is 0.641. The monoisotopic (exact) mass is 341 g/mol. The maximum Gasteiger partial charge on any atom is 0.257 e. The van der Waals surface area contributed by atoms with Crippen LogP contribution in [0.1, 0.15) is 24.2 Å². The largest absolute Gasteiger partial charge is 0.494 e. The van der Waals surface area contributed by atoms with E-state index in [1.54, 1.807) is 11.8 Å². The molecule has 0 aliphatic heterocycles. The normalized spacial score (nSPS) is 10.8. The van der Waals surface area contributed by atoms with E-state index >= 15 is 0 Å². The third-order valence-corrected chi connectivity index (χ3v) is 4.98. The molecule has 0 radical (unpaired) electrons. The summed E-state index contributed by atoms with van der Waals surface area (Å²) in [5, 5.41) is 10.9. The van der Waals surface area contributed by atoms with Gasteiger partial charge in [-0.05, 0) is 24.1 Å². The van der Waals surface area contributed by atoms with Gasteiger partial charge in [0.05, 0.1) is 7.11 Å². The van der Waals surface area contributed by atoms with Gasteiger partial charge in [0.1, 0.15) is 0 Å². The molecule has 118 valence electrons. The molecule has 0 aliphatic rings. The lowest BCUT2D eigenvalue weighted by atomic mass is 10.2. The number of rotatable bonds is 6. The fourth-order valence-corrected chi connectivity index (χ4v) is 3.26. The van der Waals surface area contributed by atoms with Gasteiger partial charge in [-0.25, -0.2) is 4.39 Å². The number of nitrogens with zero attached hydrogens (tertiary/aromatic N) is 2. The van der Waals surface area contributed by atoms with Gasteiger partial charge >= 0.3 is 0 Å². The minimum absolute atomic E-state index is 0.0971. The number of anilines is 1. The van der Waals surface area contributed by atoms with Gasteiger partial charge in [-0.15, -0.1) is 10.2 Å². The van der Waals surface area contributed by atoms with E-state index in [0.29, 0.717) is 11.0 Å². The molecule has 5 nitrogen and oxygen atoms in total. The Labute approximate surface area is 136 Å². The maximum atomic E-state index is 13.6. The van der Waals surface area contributed by atoms with Crippen molar-refractivity contribution >= 4 is 34.1 Å². The number of hydrogen-bond acceptors (Lipinski definition) is 6. The molecule has 1 aromatic heterocycles. The van der Waals surface area contributed by atoms with Crippen LogP contribution in [-0.4, -0.2) is 29.0 Å². The molecule has 0 fully saturated rings. The minimum atomic E-state index is -0.583. The molecule has 1 N–H and O–H groups in total. The lowest BCUT2D eigenvalue weighted by Gasteiger charge is -2.04. The third kappa shape index (κ3) is 4.41. The summed E-state index contributed by atoms with van der Waals surface area (Å²) >= 11 is 2.90. The van der Waals surface area contributed by atoms with Gasteiger partial charge in [0.2, 0.25) is 5.13 Å². The topological polar surface area (TPSA) is 64.1 Å². The van der Waals surface area contributed by atoms with Gasteiger partial charge in [-0.2, -0.15) is 0 Å². The molecule has 0 atom stereocenters. The van der Waals surface area contributed by atoms with Gasteiger partial charge in [0.25, 0.3) is 5.91 Å². The molecule has 2 aromatic rings. The van der Waals surface area contributed by atoms with Crippen LogP contribution in [0, 0.1) is 11.7 Å². The van der Waals surface area contributed by atoms with Crippen LogP contribution in [0.5, 0.6) is 5.75 Å². The fourth-order valence-electron chi connectivity index (χ4n) is 1.53. The Bertz CT molecular complexity index is 661. The van der Waals surface area contributed by atoms with E-state index in [4.69, 9.17) is 4.74 Å². The summed E-state index contributed by atoms with van der Waals surface area (Å²) in [6, 6.07) is 4.03. The Kier molecular flexibility index (Phi) is 5.73. The van der Waals surface area contributed by atoms with Crippen LogP contribution < -0.4 is 10.1 Å². The van der Waals surface area contributed by atoms with Gasteiger partial charge in [0.15, 0.2) is 15.9 Å². The minimum Gasteiger partial charge on any atom is -0.494 e. The van der Waals surface area contributed by atoms with Crippen molar-refractivity contribution in [3.63, 3.8) is 0 Å². The first kappa shape index (κ1) is 16.7. The standard InChI is InChI=1S/C14H16FN3O2S2/c1-8(2)7-21-14-18-17-13(22-14)16-12(19)9-4-5-11(20-3)10(15)6-9/h4-6,8H,7H2,1-3H3,(H,16,17,19). The van der Waals surface area contributed by atoms with Gasteiger partial charge in [-0.1, -0.05) is 36.9 Å². The SMILES string of the molecule is COc1ccc(C(=O)Nc2nnc(SCC(C)C)s2)cc1F. The first-order valence-electron chi connectivity index (χ1n) is 6.60. The second-order valence-corrected chi connectivity index (χ2v) is 7.13. The van der Waals surface area contributed by atoms with Crippen LogP contribution in [0.4, 0.5) is 9.52 Å². The number of nitrogens with one attached hydrogen (secondary N) is 1. The molecule has 22 heavy (non-hydrogen) atoms. The summed E-state index contributed by atoms with van der Waals surface area (Å²) in [7, 11) is 1.37. The van der Waals surface area contributed by atoms with Crippen LogP contribution in [0.2, 0.25) is 0 Å². The Hall–Kier alpha value is -1.67. The number of ether oxygens (including phenoxy) is 1. The molecular formula is C14H16FN3O2S2. The summed E-state index contributed by atoms with van der Waals surface area (Å²) in [6.45, 7) is 4.24. The summed E-state index contributed by atoms with van der Waals surface area (Å²) in [5.74, 6) is 0.569. The van der Waals surface area contributed by atoms with Crippen LogP contribution in [-0.2, 0) is 0 Å². The zero-order valence-electron chi connectivity index (χ0n) is 12.4. The Balaban J connectivity index is 2.01. The van der Waals surface area contributed by atoms with E-state index in [0.717, 1.165) is 16.2 Å². The number of carbonyl (C=O) groups is 1. The average molecular weight is 341 g/mol. The molecule has 2 rings (SSSR count). The van der Waals surface area contributed by atoms with Crippen molar-refractivity contribution in [1.29, 1.82) is 0 Å². The molecule has 0 unspecified atom stereocenters. The number of aromatic nitrogens is 2. The first-order chi connectivity index (χ1) is 10.5. The molecule has 0 aliphatic carbocycles. The van der Waals surface area contributed by atoms with Gasteiger partial charge in [-0.3, -0.25) is 10.1 Å². The van der Waals surface area contributed by atoms with Crippen molar-refractivity contribution in [2.45, 2.75) is 18.2 Å². The van der Waals surface area contributed by atoms with Crippen LogP contribution in [0.25, 0.3) is 0 Å². The first-order valence-corrected chi connectivity index (χ1v) is 8.41. The molecule has 1 aromatic carbocycles. The predicted molar refractivity (Wildman–Crippen MR) is 86.4 cm³/mol. The average Bonchev–Trinajstić information content (AvgIpc) is 2.92. The summed E-state index contributed by atoms with van der Waals surface area (Å²) < 4.78 is 19.2. The Morgan fingerprint density at radius 1 is 1.45 bits per heavy atom. The van der Waals surface area contributed by atoms with Crippen LogP contribution in [0.15, 0.2) is 22.5 Å². The molecule has 8 heteroatoms. The number of benzene rings is 1. The number of amides is 1. The number of hydrogen-bond donors (Lipinski definition) is 1. The molecular weight excluding hydrogens is 325 g/mol. The van der Waals surface area contributed by atoms with E-state index in [-0.39, 0.29) is 11.3 Å². The van der Waals surface area contributed by atoms with E-state index in [1.807, 2.05) is 0 Å². The Morgan fingerprint density at radius 3 is 2.86 bits per heavy atom. The zero-order valence-corrected chi connectivity index (χ0v) is 14.1. The van der Waals surface area contributed by atoms with E-state index in [9.17, 15) is 9.18 Å². The highest BCUT2D eigenvalue weighted by Crippen LogP contribution is 2.27. The lowest BCUT2D eigenvalue weighted by Crippen LogP contribution is -2.12. The molecule has 0 saturated carbocycles. The summed E-state index contributed by atoms with van der Waals surface area (Å²) in [6.07, 6.45) is 0. The predicted octanol–water partition coefficient (Wildman–Crippen LogP) is 3.69. The third-order valence-electron chi connectivity index (χ3n) is 2.58. The second-order valence-electron chi connectivity index (χ2n) is 4.88. The highest BCUT2D eigenvalue weighted by molar-refractivity contribution is 8.01. The van der Waals surface area contributed by atoms with Crippen molar-refractivity contribution in [2.24, 2.45) is 5.92 Å². The number of halogens is 1. The van der Waals surface area contributed by atoms with Crippen LogP contribution in [0.3, 0.4) is 0 Å². The summed E-state index contributed by atoms with van der Waals surface area (Å²) in [4.78, 5) is 12.1. The molecule has 1 heterocycles. The van der Waals surface area contributed by atoms with E-state index in [1.165, 1.54) is 30.6 Å². The molecule has 0 bridgehead atoms. The smallest absolute Gasteiger partial charge is 0.257 e.